The predicted octanol–water partition coefficient (Wildman–Crippen LogP) is 2.73. The van der Waals surface area contributed by atoms with Gasteiger partial charge in [0.25, 0.3) is 0 Å². The fraction of sp³-hybridized carbons (Fsp3) is 0.400. The van der Waals surface area contributed by atoms with Crippen molar-refractivity contribution in [3.8, 4) is 11.6 Å². The smallest absolute Gasteiger partial charge is 0.221 e. The summed E-state index contributed by atoms with van der Waals surface area (Å²) in [4.78, 5) is 17.4. The first-order valence-corrected chi connectivity index (χ1v) is 9.66. The lowest BCUT2D eigenvalue weighted by Crippen LogP contribution is -2.35. The second-order valence-corrected chi connectivity index (χ2v) is 7.30. The molecule has 29 heavy (non-hydrogen) atoms. The summed E-state index contributed by atoms with van der Waals surface area (Å²) in [7, 11) is 0. The minimum atomic E-state index is -0.782. The van der Waals surface area contributed by atoms with Crippen LogP contribution in [0.2, 0.25) is 5.02 Å². The van der Waals surface area contributed by atoms with Crippen molar-refractivity contribution in [3.63, 3.8) is 0 Å². The van der Waals surface area contributed by atoms with Crippen LogP contribution in [0.25, 0.3) is 0 Å². The zero-order valence-electron chi connectivity index (χ0n) is 16.0. The van der Waals surface area contributed by atoms with E-state index in [1.165, 1.54) is 25.3 Å². The highest BCUT2D eigenvalue weighted by atomic mass is 35.5. The molecule has 1 aliphatic rings. The van der Waals surface area contributed by atoms with Gasteiger partial charge in [0.15, 0.2) is 5.82 Å². The van der Waals surface area contributed by atoms with Crippen molar-refractivity contribution in [2.75, 3.05) is 31.6 Å². The summed E-state index contributed by atoms with van der Waals surface area (Å²) in [5.41, 5.74) is -0.0303. The van der Waals surface area contributed by atoms with Crippen molar-refractivity contribution in [2.24, 2.45) is 0 Å². The average Bonchev–Trinajstić information content (AvgIpc) is 3.10. The molecule has 2 unspecified atom stereocenters. The molecule has 1 aromatic carbocycles. The van der Waals surface area contributed by atoms with Crippen molar-refractivity contribution >= 4 is 23.2 Å². The molecule has 1 fully saturated rings. The summed E-state index contributed by atoms with van der Waals surface area (Å²) in [6.07, 6.45) is 1.54. The monoisotopic (exact) mass is 423 g/mol. The third-order valence-corrected chi connectivity index (χ3v) is 4.62. The van der Waals surface area contributed by atoms with Gasteiger partial charge in [0.05, 0.1) is 5.02 Å². The standard InChI is InChI=1S/C20H23ClFN3O4/c1-13(26)24-20-17(22)3-2-4-18(20)28-12-15(27)10-25-8-7-16(11-25)29-19-6-5-14(21)9-23-19/h2-6,9,15-16,27H,7-8,10-12H2,1H3,(H,24,26). The van der Waals surface area contributed by atoms with Crippen molar-refractivity contribution in [3.05, 3.63) is 47.4 Å². The number of β-amino-alcohol motifs (C(OH)–C–C–N with tert-alkyl or cyclic N) is 1. The second kappa shape index (κ2) is 9.87. The summed E-state index contributed by atoms with van der Waals surface area (Å²) in [5.74, 6) is -0.307. The third kappa shape index (κ3) is 6.28. The lowest BCUT2D eigenvalue weighted by molar-refractivity contribution is -0.114. The van der Waals surface area contributed by atoms with Gasteiger partial charge in [0.1, 0.15) is 30.3 Å². The fourth-order valence-electron chi connectivity index (χ4n) is 3.12. The van der Waals surface area contributed by atoms with Crippen LogP contribution in [0.4, 0.5) is 10.1 Å². The number of hydrogen-bond donors (Lipinski definition) is 2. The van der Waals surface area contributed by atoms with Gasteiger partial charge in [-0.05, 0) is 24.6 Å². The maximum Gasteiger partial charge on any atom is 0.221 e. The number of halogens is 2. The van der Waals surface area contributed by atoms with Crippen molar-refractivity contribution in [2.45, 2.75) is 25.6 Å². The summed E-state index contributed by atoms with van der Waals surface area (Å²) in [6, 6.07) is 7.70. The Morgan fingerprint density at radius 3 is 3.00 bits per heavy atom. The van der Waals surface area contributed by atoms with E-state index < -0.39 is 17.8 Å². The number of likely N-dealkylation sites (tertiary alicyclic amines) is 1. The zero-order valence-corrected chi connectivity index (χ0v) is 16.7. The first-order chi connectivity index (χ1) is 13.9. The van der Waals surface area contributed by atoms with Gasteiger partial charge in [0, 0.05) is 38.8 Å². The summed E-state index contributed by atoms with van der Waals surface area (Å²) in [5, 5.41) is 13.3. The molecule has 3 rings (SSSR count). The molecule has 0 saturated carbocycles. The predicted molar refractivity (Wildman–Crippen MR) is 107 cm³/mol. The number of benzene rings is 1. The number of hydrogen-bond acceptors (Lipinski definition) is 6. The number of carbonyl (C=O) groups excluding carboxylic acids is 1. The number of para-hydroxylation sites is 1. The van der Waals surface area contributed by atoms with E-state index >= 15 is 0 Å². The highest BCUT2D eigenvalue weighted by molar-refractivity contribution is 6.30. The Morgan fingerprint density at radius 1 is 1.45 bits per heavy atom. The molecule has 2 aromatic rings. The van der Waals surface area contributed by atoms with Crippen LogP contribution < -0.4 is 14.8 Å². The first-order valence-electron chi connectivity index (χ1n) is 9.28. The average molecular weight is 424 g/mol. The number of anilines is 1. The van der Waals surface area contributed by atoms with Crippen LogP contribution in [0, 0.1) is 5.82 Å². The van der Waals surface area contributed by atoms with Gasteiger partial charge < -0.3 is 19.9 Å². The lowest BCUT2D eigenvalue weighted by atomic mass is 10.2. The van der Waals surface area contributed by atoms with Gasteiger partial charge in [-0.2, -0.15) is 0 Å². The van der Waals surface area contributed by atoms with E-state index in [1.807, 2.05) is 0 Å². The summed E-state index contributed by atoms with van der Waals surface area (Å²) in [6.45, 7) is 3.07. The molecule has 0 aliphatic carbocycles. The van der Waals surface area contributed by atoms with Crippen LogP contribution in [0.5, 0.6) is 11.6 Å². The molecule has 0 bridgehead atoms. The van der Waals surface area contributed by atoms with Crippen LogP contribution in [-0.2, 0) is 4.79 Å². The molecule has 0 spiro atoms. The Balaban J connectivity index is 1.47. The molecule has 1 aromatic heterocycles. The van der Waals surface area contributed by atoms with Crippen molar-refractivity contribution in [1.82, 2.24) is 9.88 Å². The summed E-state index contributed by atoms with van der Waals surface area (Å²) >= 11 is 5.82. The topological polar surface area (TPSA) is 83.9 Å². The van der Waals surface area contributed by atoms with Crippen LogP contribution >= 0.6 is 11.6 Å². The SMILES string of the molecule is CC(=O)Nc1c(F)cccc1OCC(O)CN1CCC(Oc2ccc(Cl)cn2)C1. The van der Waals surface area contributed by atoms with Crippen LogP contribution in [0.1, 0.15) is 13.3 Å². The van der Waals surface area contributed by atoms with E-state index in [9.17, 15) is 14.3 Å². The minimum Gasteiger partial charge on any atom is -0.489 e. The number of pyridine rings is 1. The van der Waals surface area contributed by atoms with E-state index in [0.717, 1.165) is 13.0 Å². The van der Waals surface area contributed by atoms with Gasteiger partial charge >= 0.3 is 0 Å². The van der Waals surface area contributed by atoms with E-state index in [0.29, 0.717) is 24.0 Å². The number of aromatic nitrogens is 1. The minimum absolute atomic E-state index is 0.0219. The molecule has 9 heteroatoms. The number of carbonyl (C=O) groups is 1. The highest BCUT2D eigenvalue weighted by Crippen LogP contribution is 2.27. The molecule has 1 amide bonds. The number of amides is 1. The number of rotatable bonds is 8. The molecular weight excluding hydrogens is 401 g/mol. The van der Waals surface area contributed by atoms with Gasteiger partial charge in [0.2, 0.25) is 11.8 Å². The molecule has 1 aliphatic heterocycles. The Labute approximate surface area is 173 Å². The maximum absolute atomic E-state index is 13.9. The van der Waals surface area contributed by atoms with Gasteiger partial charge in [-0.25, -0.2) is 9.37 Å². The Kier molecular flexibility index (Phi) is 7.24. The van der Waals surface area contributed by atoms with E-state index in [-0.39, 0.29) is 24.1 Å². The second-order valence-electron chi connectivity index (χ2n) is 6.86. The Morgan fingerprint density at radius 2 is 2.28 bits per heavy atom. The molecular formula is C20H23ClFN3O4. The van der Waals surface area contributed by atoms with Crippen molar-refractivity contribution in [1.29, 1.82) is 0 Å². The molecule has 2 heterocycles. The van der Waals surface area contributed by atoms with Crippen LogP contribution in [0.15, 0.2) is 36.5 Å². The zero-order chi connectivity index (χ0) is 20.8. The largest absolute Gasteiger partial charge is 0.489 e. The molecule has 1 saturated heterocycles. The molecule has 2 atom stereocenters. The maximum atomic E-state index is 13.9. The van der Waals surface area contributed by atoms with E-state index in [2.05, 4.69) is 15.2 Å². The number of ether oxygens (including phenoxy) is 2. The van der Waals surface area contributed by atoms with Crippen LogP contribution in [-0.4, -0.2) is 59.3 Å². The van der Waals surface area contributed by atoms with Gasteiger partial charge in [-0.15, -0.1) is 0 Å². The normalized spacial score (nSPS) is 17.7. The van der Waals surface area contributed by atoms with E-state index in [4.69, 9.17) is 21.1 Å². The number of nitrogens with zero attached hydrogens (tertiary/aromatic N) is 2. The van der Waals surface area contributed by atoms with Crippen LogP contribution in [0.3, 0.4) is 0 Å². The number of nitrogens with one attached hydrogen (secondary N) is 1. The van der Waals surface area contributed by atoms with E-state index in [1.54, 1.807) is 18.2 Å². The van der Waals surface area contributed by atoms with Crippen molar-refractivity contribution < 1.29 is 23.8 Å². The molecule has 0 radical (unpaired) electrons. The first kappa shape index (κ1) is 21.3. The fourth-order valence-corrected chi connectivity index (χ4v) is 3.23. The highest BCUT2D eigenvalue weighted by Gasteiger charge is 2.26. The number of aliphatic hydroxyl groups excluding tert-OH is 1. The van der Waals surface area contributed by atoms with Gasteiger partial charge in [-0.3, -0.25) is 9.69 Å². The Hall–Kier alpha value is -2.42. The molecule has 2 N–H and O–H groups in total. The summed E-state index contributed by atoms with van der Waals surface area (Å²) < 4.78 is 25.3. The quantitative estimate of drug-likeness (QED) is 0.679. The molecule has 7 nitrogen and oxygen atoms in total. The van der Waals surface area contributed by atoms with Gasteiger partial charge in [-0.1, -0.05) is 17.7 Å². The number of aliphatic hydroxyl groups is 1. The third-order valence-electron chi connectivity index (χ3n) is 4.39. The molecule has 156 valence electrons. The Bertz CT molecular complexity index is 837. The lowest BCUT2D eigenvalue weighted by Gasteiger charge is -2.21.